The maximum absolute atomic E-state index is 14.3. The first-order chi connectivity index (χ1) is 23.3. The molecular weight excluding hydrogens is 612 g/mol. The molecule has 3 amide bonds. The van der Waals surface area contributed by atoms with Crippen LogP contribution in [0.2, 0.25) is 0 Å². The van der Waals surface area contributed by atoms with Gasteiger partial charge in [0.25, 0.3) is 0 Å². The molecule has 0 bridgehead atoms. The van der Waals surface area contributed by atoms with Gasteiger partial charge in [0.15, 0.2) is 0 Å². The van der Waals surface area contributed by atoms with Crippen molar-refractivity contribution in [2.75, 3.05) is 6.54 Å². The van der Waals surface area contributed by atoms with Gasteiger partial charge in [0, 0.05) is 23.5 Å². The lowest BCUT2D eigenvalue weighted by Gasteiger charge is -2.29. The molecule has 11 nitrogen and oxygen atoms in total. The van der Waals surface area contributed by atoms with Gasteiger partial charge in [0.2, 0.25) is 11.8 Å². The molecule has 0 aromatic heterocycles. The van der Waals surface area contributed by atoms with E-state index in [0.717, 1.165) is 56.1 Å². The minimum atomic E-state index is -1.42. The molecule has 48 heavy (non-hydrogen) atoms. The lowest BCUT2D eigenvalue weighted by molar-refractivity contribution is -0.145. The molecule has 2 aromatic rings. The third-order valence-corrected chi connectivity index (χ3v) is 9.88. The Balaban J connectivity index is 1.27. The van der Waals surface area contributed by atoms with Crippen molar-refractivity contribution in [3.63, 3.8) is 0 Å². The van der Waals surface area contributed by atoms with Crippen LogP contribution in [-0.2, 0) is 24.0 Å². The summed E-state index contributed by atoms with van der Waals surface area (Å²) >= 11 is 0. The zero-order chi connectivity index (χ0) is 33.5. The highest BCUT2D eigenvalue weighted by Gasteiger charge is 2.61. The summed E-state index contributed by atoms with van der Waals surface area (Å²) in [4.78, 5) is 61.1. The number of carboxylic acids is 1. The van der Waals surface area contributed by atoms with E-state index in [1.807, 2.05) is 72.8 Å². The van der Waals surface area contributed by atoms with Crippen LogP contribution in [0.5, 0.6) is 0 Å². The summed E-state index contributed by atoms with van der Waals surface area (Å²) in [6.45, 7) is 0.0382. The number of rotatable bonds is 7. The number of carbonyl (C=O) groups is 4. The van der Waals surface area contributed by atoms with Gasteiger partial charge in [-0.1, -0.05) is 90.8 Å². The van der Waals surface area contributed by atoms with E-state index < -0.39 is 47.6 Å². The Morgan fingerprint density at radius 3 is 2.23 bits per heavy atom. The van der Waals surface area contributed by atoms with Crippen LogP contribution in [0.1, 0.15) is 81.8 Å². The van der Waals surface area contributed by atoms with E-state index in [-0.39, 0.29) is 31.4 Å². The van der Waals surface area contributed by atoms with E-state index in [4.69, 9.17) is 9.57 Å². The van der Waals surface area contributed by atoms with E-state index in [1.165, 1.54) is 4.90 Å². The molecule has 3 fully saturated rings. The molecule has 2 saturated carbocycles. The number of aliphatic carboxylic acids is 1. The van der Waals surface area contributed by atoms with Gasteiger partial charge in [0.05, 0.1) is 6.54 Å². The Morgan fingerprint density at radius 1 is 0.896 bits per heavy atom. The van der Waals surface area contributed by atoms with Gasteiger partial charge in [-0.15, -0.1) is 0 Å². The number of carboxylic acid groups (broad SMARTS) is 1. The van der Waals surface area contributed by atoms with Gasteiger partial charge in [-0.05, 0) is 51.4 Å². The van der Waals surface area contributed by atoms with E-state index in [1.54, 1.807) is 0 Å². The van der Waals surface area contributed by atoms with Gasteiger partial charge < -0.3 is 30.2 Å². The molecule has 1 saturated heterocycles. The van der Waals surface area contributed by atoms with Crippen molar-refractivity contribution in [3.8, 4) is 0 Å². The SMILES string of the molecule is O=C(N[C@H]1CCCCC/C=C\C2C[C@@]2(C(=O)O)NC(=O)[C@@H]2C[C@@H](ON=C(c3ccccc3)c3ccccc3)CN2C1=O)OC1CCCC1. The molecule has 3 N–H and O–H groups in total. The number of carbonyl (C=O) groups excluding carboxylic acids is 3. The second-order valence-corrected chi connectivity index (χ2v) is 13.3. The molecule has 0 radical (unpaired) electrons. The topological polar surface area (TPSA) is 147 Å². The smallest absolute Gasteiger partial charge is 0.408 e. The summed E-state index contributed by atoms with van der Waals surface area (Å²) in [5.74, 6) is -2.42. The Bertz CT molecular complexity index is 1480. The summed E-state index contributed by atoms with van der Waals surface area (Å²) in [6, 6.07) is 17.2. The quantitative estimate of drug-likeness (QED) is 0.217. The van der Waals surface area contributed by atoms with Gasteiger partial charge in [-0.25, -0.2) is 9.59 Å². The van der Waals surface area contributed by atoms with Gasteiger partial charge in [-0.3, -0.25) is 9.59 Å². The Hall–Kier alpha value is -4.67. The van der Waals surface area contributed by atoms with Crippen LogP contribution in [0.3, 0.4) is 0 Å². The largest absolute Gasteiger partial charge is 0.479 e. The number of nitrogens with one attached hydrogen (secondary N) is 2. The minimum absolute atomic E-state index is 0.0382. The highest BCUT2D eigenvalue weighted by molar-refractivity contribution is 6.12. The van der Waals surface area contributed by atoms with Gasteiger partial charge in [0.1, 0.15) is 35.5 Å². The van der Waals surface area contributed by atoms with Crippen LogP contribution in [-0.4, -0.2) is 76.0 Å². The lowest BCUT2D eigenvalue weighted by Crippen LogP contribution is -2.56. The Labute approximate surface area is 280 Å². The maximum Gasteiger partial charge on any atom is 0.408 e. The first-order valence-corrected chi connectivity index (χ1v) is 17.2. The molecule has 2 aromatic carbocycles. The first-order valence-electron chi connectivity index (χ1n) is 17.2. The number of nitrogens with zero attached hydrogens (tertiary/aromatic N) is 2. The van der Waals surface area contributed by atoms with Crippen LogP contribution in [0.4, 0.5) is 4.79 Å². The molecular formula is C37H44N4O7. The molecule has 2 heterocycles. The van der Waals surface area contributed by atoms with Crippen molar-refractivity contribution in [1.29, 1.82) is 0 Å². The van der Waals surface area contributed by atoms with Gasteiger partial charge in [-0.2, -0.15) is 0 Å². The summed E-state index contributed by atoms with van der Waals surface area (Å²) < 4.78 is 5.63. The molecule has 5 atom stereocenters. The number of ether oxygens (including phenoxy) is 1. The highest BCUT2D eigenvalue weighted by Crippen LogP contribution is 2.45. The molecule has 1 unspecified atom stereocenters. The summed E-state index contributed by atoms with van der Waals surface area (Å²) in [6.07, 6.45) is 9.87. The number of alkyl carbamates (subject to hydrolysis) is 1. The fourth-order valence-electron chi connectivity index (χ4n) is 7.06. The molecule has 254 valence electrons. The molecule has 0 spiro atoms. The number of benzene rings is 2. The second-order valence-electron chi connectivity index (χ2n) is 13.3. The van der Waals surface area contributed by atoms with E-state index >= 15 is 0 Å². The predicted molar refractivity (Wildman–Crippen MR) is 178 cm³/mol. The molecule has 2 aliphatic carbocycles. The average Bonchev–Trinajstić information content (AvgIpc) is 3.37. The van der Waals surface area contributed by atoms with Crippen LogP contribution in [0, 0.1) is 5.92 Å². The Morgan fingerprint density at radius 2 is 1.56 bits per heavy atom. The summed E-state index contributed by atoms with van der Waals surface area (Å²) in [5, 5.41) is 20.3. The van der Waals surface area contributed by atoms with Crippen LogP contribution >= 0.6 is 0 Å². The fourth-order valence-corrected chi connectivity index (χ4v) is 7.06. The van der Waals surface area contributed by atoms with E-state index in [0.29, 0.717) is 18.6 Å². The van der Waals surface area contributed by atoms with Gasteiger partial charge >= 0.3 is 12.1 Å². The van der Waals surface area contributed by atoms with Crippen molar-refractivity contribution in [2.45, 2.75) is 100 Å². The third-order valence-electron chi connectivity index (χ3n) is 9.88. The number of hydrogen-bond donors (Lipinski definition) is 3. The number of hydrogen-bond acceptors (Lipinski definition) is 7. The normalized spacial score (nSPS) is 28.5. The van der Waals surface area contributed by atoms with E-state index in [9.17, 15) is 24.3 Å². The number of oxime groups is 1. The van der Waals surface area contributed by atoms with Crippen molar-refractivity contribution in [1.82, 2.24) is 15.5 Å². The second kappa shape index (κ2) is 15.0. The van der Waals surface area contributed by atoms with Crippen LogP contribution in [0.25, 0.3) is 0 Å². The van der Waals surface area contributed by atoms with Crippen molar-refractivity contribution in [3.05, 3.63) is 83.9 Å². The molecule has 2 aliphatic heterocycles. The van der Waals surface area contributed by atoms with Crippen LogP contribution < -0.4 is 10.6 Å². The predicted octanol–water partition coefficient (Wildman–Crippen LogP) is 4.94. The van der Waals surface area contributed by atoms with Crippen molar-refractivity contribution in [2.24, 2.45) is 11.1 Å². The zero-order valence-electron chi connectivity index (χ0n) is 27.1. The summed E-state index contributed by atoms with van der Waals surface area (Å²) in [7, 11) is 0. The van der Waals surface area contributed by atoms with Crippen molar-refractivity contribution >= 4 is 29.6 Å². The standard InChI is InChI=1S/C37H44N4O7/c42-33-31-22-29(48-40-32(25-14-6-4-7-15-25)26-16-8-5-9-17-26)24-41(31)34(43)30(38-36(46)47-28-19-12-13-20-28)21-11-3-1-2-10-18-27-23-37(27,39-33)35(44)45/h4-10,14-18,27-31H,1-3,11-13,19-24H2,(H,38,46)(H,39,42)(H,44,45)/b18-10-/t27?,29-,30+,31+,37-/m1/s1. The summed E-state index contributed by atoms with van der Waals surface area (Å²) in [5.41, 5.74) is 0.858. The number of fused-ring (bicyclic) bond motifs is 2. The Kier molecular flexibility index (Phi) is 10.4. The maximum atomic E-state index is 14.3. The zero-order valence-corrected chi connectivity index (χ0v) is 27.1. The lowest BCUT2D eigenvalue weighted by atomic mass is 10.0. The monoisotopic (exact) mass is 656 g/mol. The third kappa shape index (κ3) is 7.72. The van der Waals surface area contributed by atoms with E-state index in [2.05, 4.69) is 15.8 Å². The van der Waals surface area contributed by atoms with Crippen molar-refractivity contribution < 1.29 is 33.9 Å². The molecule has 6 rings (SSSR count). The van der Waals surface area contributed by atoms with Crippen LogP contribution in [0.15, 0.2) is 78.0 Å². The average molecular weight is 657 g/mol. The molecule has 11 heteroatoms. The number of allylic oxidation sites excluding steroid dienone is 1. The first kappa shape index (κ1) is 33.2. The fraction of sp³-hybridized carbons (Fsp3) is 0.486. The molecule has 4 aliphatic rings. The number of amides is 3. The highest BCUT2D eigenvalue weighted by atomic mass is 16.6. The minimum Gasteiger partial charge on any atom is -0.479 e.